The van der Waals surface area contributed by atoms with Crippen LogP contribution in [0, 0.1) is 6.92 Å². The van der Waals surface area contributed by atoms with Gasteiger partial charge in [0.1, 0.15) is 0 Å². The number of halogens is 2. The monoisotopic (exact) mass is 498 g/mol. The molecule has 0 spiro atoms. The van der Waals surface area contributed by atoms with Crippen LogP contribution in [0.5, 0.6) is 0 Å². The van der Waals surface area contributed by atoms with Crippen molar-refractivity contribution in [2.75, 3.05) is 31.7 Å². The number of carbonyl (C=O) groups excluding carboxylic acids is 1. The molecule has 25 heavy (non-hydrogen) atoms. The maximum Gasteiger partial charge on any atom is 0.226 e. The van der Waals surface area contributed by atoms with E-state index in [0.717, 1.165) is 12.1 Å². The summed E-state index contributed by atoms with van der Waals surface area (Å²) in [4.78, 5) is 16.2. The molecule has 1 rings (SSSR count). The van der Waals surface area contributed by atoms with Crippen molar-refractivity contribution in [2.45, 2.75) is 31.9 Å². The third-order valence-electron chi connectivity index (χ3n) is 3.50. The van der Waals surface area contributed by atoms with E-state index < -0.39 is 0 Å². The second-order valence-electron chi connectivity index (χ2n) is 6.10. The number of nitrogens with zero attached hydrogens (tertiary/aromatic N) is 1. The van der Waals surface area contributed by atoms with Gasteiger partial charge < -0.3 is 16.0 Å². The summed E-state index contributed by atoms with van der Waals surface area (Å²) in [6, 6.07) is 5.56. The minimum atomic E-state index is -0.0897. The quantitative estimate of drug-likeness (QED) is 0.303. The molecule has 0 aliphatic heterocycles. The van der Waals surface area contributed by atoms with Gasteiger partial charge in [0, 0.05) is 31.3 Å². The number of hydrogen-bond donors (Lipinski definition) is 3. The van der Waals surface area contributed by atoms with Gasteiger partial charge in [-0.15, -0.1) is 24.0 Å². The summed E-state index contributed by atoms with van der Waals surface area (Å²) in [5, 5.41) is 9.78. The largest absolute Gasteiger partial charge is 0.356 e. The van der Waals surface area contributed by atoms with Crippen molar-refractivity contribution in [1.82, 2.24) is 10.6 Å². The predicted molar refractivity (Wildman–Crippen MR) is 122 cm³/mol. The second-order valence-corrected chi connectivity index (χ2v) is 8.02. The van der Waals surface area contributed by atoms with Crippen molar-refractivity contribution in [3.05, 3.63) is 28.8 Å². The maximum atomic E-state index is 12.0. The Hall–Kier alpha value is -0.670. The zero-order valence-corrected chi connectivity index (χ0v) is 19.3. The van der Waals surface area contributed by atoms with Gasteiger partial charge in [-0.1, -0.05) is 17.7 Å². The standard InChI is InChI=1S/C17H27ClN4OS.HI/c1-12-6-7-14(13(18)10-12)22-15(23)8-9-20-16(19-4)21-11-17(2,3)24-5;/h6-7,10H,8-9,11H2,1-5H3,(H,22,23)(H2,19,20,21);1H. The van der Waals surface area contributed by atoms with Gasteiger partial charge in [0.05, 0.1) is 10.7 Å². The third kappa shape index (κ3) is 9.55. The van der Waals surface area contributed by atoms with Crippen LogP contribution in [-0.2, 0) is 4.79 Å². The number of aliphatic imine (C=N–C) groups is 1. The first-order valence-electron chi connectivity index (χ1n) is 7.83. The Balaban J connectivity index is 0.00000576. The van der Waals surface area contributed by atoms with Crippen LogP contribution in [0.15, 0.2) is 23.2 Å². The van der Waals surface area contributed by atoms with E-state index in [1.807, 2.05) is 25.1 Å². The third-order valence-corrected chi connectivity index (χ3v) is 5.06. The van der Waals surface area contributed by atoms with Gasteiger partial charge in [0.2, 0.25) is 5.91 Å². The van der Waals surface area contributed by atoms with Crippen LogP contribution in [0.3, 0.4) is 0 Å². The lowest BCUT2D eigenvalue weighted by atomic mass is 10.2. The van der Waals surface area contributed by atoms with Gasteiger partial charge >= 0.3 is 0 Å². The molecule has 0 atom stereocenters. The highest BCUT2D eigenvalue weighted by molar-refractivity contribution is 14.0. The molecule has 0 saturated carbocycles. The van der Waals surface area contributed by atoms with Crippen molar-refractivity contribution in [1.29, 1.82) is 0 Å². The van der Waals surface area contributed by atoms with E-state index in [-0.39, 0.29) is 34.6 Å². The van der Waals surface area contributed by atoms with Crippen LogP contribution in [-0.4, -0.2) is 43.0 Å². The summed E-state index contributed by atoms with van der Waals surface area (Å²) in [5.74, 6) is 0.603. The molecule has 0 heterocycles. The molecule has 1 aromatic carbocycles. The SMILES string of the molecule is CN=C(NCCC(=O)Nc1ccc(C)cc1Cl)NCC(C)(C)SC.I. The number of nitrogens with one attached hydrogen (secondary N) is 3. The molecule has 1 amide bonds. The lowest BCUT2D eigenvalue weighted by Crippen LogP contribution is -2.44. The Kier molecular flexibility index (Phi) is 11.5. The number of aryl methyl sites for hydroxylation is 1. The molecule has 0 aromatic heterocycles. The molecule has 8 heteroatoms. The molecular weight excluding hydrogens is 471 g/mol. The molecular formula is C17H28ClIN4OS. The number of anilines is 1. The van der Waals surface area contributed by atoms with E-state index in [4.69, 9.17) is 11.6 Å². The van der Waals surface area contributed by atoms with Crippen LogP contribution in [0.4, 0.5) is 5.69 Å². The summed E-state index contributed by atoms with van der Waals surface area (Å²) in [7, 11) is 1.72. The number of hydrogen-bond acceptors (Lipinski definition) is 3. The summed E-state index contributed by atoms with van der Waals surface area (Å²) in [6.07, 6.45) is 2.41. The molecule has 0 fully saturated rings. The van der Waals surface area contributed by atoms with Gasteiger partial charge in [0.15, 0.2) is 5.96 Å². The Labute approximate surface area is 177 Å². The van der Waals surface area contributed by atoms with Crippen molar-refractivity contribution in [3.63, 3.8) is 0 Å². The molecule has 0 unspecified atom stereocenters. The van der Waals surface area contributed by atoms with E-state index in [0.29, 0.717) is 29.6 Å². The Morgan fingerprint density at radius 2 is 2.00 bits per heavy atom. The fourth-order valence-corrected chi connectivity index (χ4v) is 2.32. The molecule has 142 valence electrons. The summed E-state index contributed by atoms with van der Waals surface area (Å²) in [5.41, 5.74) is 1.69. The molecule has 0 aliphatic carbocycles. The summed E-state index contributed by atoms with van der Waals surface area (Å²) < 4.78 is 0.122. The first-order valence-corrected chi connectivity index (χ1v) is 9.43. The van der Waals surface area contributed by atoms with Crippen molar-refractivity contribution < 1.29 is 4.79 Å². The molecule has 0 radical (unpaired) electrons. The zero-order chi connectivity index (χ0) is 18.2. The van der Waals surface area contributed by atoms with Crippen molar-refractivity contribution in [3.8, 4) is 0 Å². The molecule has 3 N–H and O–H groups in total. The average molecular weight is 499 g/mol. The first kappa shape index (κ1) is 24.3. The van der Waals surface area contributed by atoms with Gasteiger partial charge in [-0.25, -0.2) is 0 Å². The minimum absolute atomic E-state index is 0. The van der Waals surface area contributed by atoms with Gasteiger partial charge in [-0.3, -0.25) is 9.79 Å². The minimum Gasteiger partial charge on any atom is -0.356 e. The average Bonchev–Trinajstić information content (AvgIpc) is 2.53. The van der Waals surface area contributed by atoms with Crippen LogP contribution in [0.25, 0.3) is 0 Å². The lowest BCUT2D eigenvalue weighted by Gasteiger charge is -2.23. The number of thioether (sulfide) groups is 1. The lowest BCUT2D eigenvalue weighted by molar-refractivity contribution is -0.116. The molecule has 0 saturated heterocycles. The normalized spacial score (nSPS) is 11.5. The van der Waals surface area contributed by atoms with Crippen molar-refractivity contribution in [2.24, 2.45) is 4.99 Å². The molecule has 5 nitrogen and oxygen atoms in total. The van der Waals surface area contributed by atoms with E-state index >= 15 is 0 Å². The number of guanidine groups is 1. The van der Waals surface area contributed by atoms with Crippen LogP contribution >= 0.6 is 47.3 Å². The number of amides is 1. The van der Waals surface area contributed by atoms with E-state index in [2.05, 4.69) is 41.0 Å². The number of benzene rings is 1. The molecule has 1 aromatic rings. The summed E-state index contributed by atoms with van der Waals surface area (Å²) >= 11 is 7.91. The Morgan fingerprint density at radius 1 is 1.32 bits per heavy atom. The number of rotatable bonds is 7. The highest BCUT2D eigenvalue weighted by Gasteiger charge is 2.16. The smallest absolute Gasteiger partial charge is 0.226 e. The van der Waals surface area contributed by atoms with Crippen molar-refractivity contribution >= 4 is 64.9 Å². The second kappa shape index (κ2) is 11.9. The topological polar surface area (TPSA) is 65.5 Å². The predicted octanol–water partition coefficient (Wildman–Crippen LogP) is 3.90. The van der Waals surface area contributed by atoms with Crippen LogP contribution in [0.2, 0.25) is 5.02 Å². The van der Waals surface area contributed by atoms with Crippen LogP contribution in [0.1, 0.15) is 25.8 Å². The maximum absolute atomic E-state index is 12.0. The van der Waals surface area contributed by atoms with E-state index in [9.17, 15) is 4.79 Å². The fourth-order valence-electron chi connectivity index (χ4n) is 1.82. The zero-order valence-electron chi connectivity index (χ0n) is 15.4. The highest BCUT2D eigenvalue weighted by atomic mass is 127. The Morgan fingerprint density at radius 3 is 2.56 bits per heavy atom. The number of carbonyl (C=O) groups is 1. The van der Waals surface area contributed by atoms with Gasteiger partial charge in [0.25, 0.3) is 0 Å². The van der Waals surface area contributed by atoms with Gasteiger partial charge in [-0.05, 0) is 44.7 Å². The Bertz CT molecular complexity index is 596. The summed E-state index contributed by atoms with van der Waals surface area (Å²) in [6.45, 7) is 7.57. The fraction of sp³-hybridized carbons (Fsp3) is 0.529. The van der Waals surface area contributed by atoms with E-state index in [1.165, 1.54) is 0 Å². The molecule has 0 aliphatic rings. The molecule has 0 bridgehead atoms. The first-order chi connectivity index (χ1) is 11.3. The van der Waals surface area contributed by atoms with E-state index in [1.54, 1.807) is 18.8 Å². The van der Waals surface area contributed by atoms with Crippen LogP contribution < -0.4 is 16.0 Å². The highest BCUT2D eigenvalue weighted by Crippen LogP contribution is 2.22. The van der Waals surface area contributed by atoms with Gasteiger partial charge in [-0.2, -0.15) is 11.8 Å².